The number of imide groups is 1. The van der Waals surface area contributed by atoms with Gasteiger partial charge in [-0.05, 0) is 37.5 Å². The summed E-state index contributed by atoms with van der Waals surface area (Å²) in [5.41, 5.74) is 1.81. The quantitative estimate of drug-likeness (QED) is 0.333. The van der Waals surface area contributed by atoms with Crippen LogP contribution in [0.3, 0.4) is 0 Å². The highest BCUT2D eigenvalue weighted by atomic mass is 31.2. The lowest BCUT2D eigenvalue weighted by atomic mass is 10.1. The summed E-state index contributed by atoms with van der Waals surface area (Å²) in [6, 6.07) is 16.3. The zero-order chi connectivity index (χ0) is 20.0. The van der Waals surface area contributed by atoms with Crippen LogP contribution in [0.2, 0.25) is 0 Å². The van der Waals surface area contributed by atoms with Crippen molar-refractivity contribution < 1.29 is 23.2 Å². The lowest BCUT2D eigenvalue weighted by Crippen LogP contribution is -2.30. The molecule has 1 aliphatic heterocycles. The van der Waals surface area contributed by atoms with Gasteiger partial charge in [0.15, 0.2) is 0 Å². The average Bonchev–Trinajstić information content (AvgIpc) is 2.96. The molecule has 0 N–H and O–H groups in total. The maximum Gasteiger partial charge on any atom is 0.330 e. The Morgan fingerprint density at radius 1 is 0.857 bits per heavy atom. The minimum absolute atomic E-state index is 0.219. The van der Waals surface area contributed by atoms with Gasteiger partial charge in [0, 0.05) is 6.54 Å². The van der Waals surface area contributed by atoms with Crippen LogP contribution in [0.4, 0.5) is 0 Å². The van der Waals surface area contributed by atoms with Crippen LogP contribution in [0.5, 0.6) is 0 Å². The normalized spacial score (nSPS) is 15.5. The number of carbonyl (C=O) groups is 2. The van der Waals surface area contributed by atoms with E-state index in [9.17, 15) is 14.2 Å². The van der Waals surface area contributed by atoms with Gasteiger partial charge in [-0.25, -0.2) is 0 Å². The molecule has 28 heavy (non-hydrogen) atoms. The molecule has 0 spiro atoms. The van der Waals surface area contributed by atoms with Crippen molar-refractivity contribution in [1.82, 2.24) is 4.90 Å². The summed E-state index contributed by atoms with van der Waals surface area (Å²) in [6.07, 6.45) is 1.31. The van der Waals surface area contributed by atoms with E-state index in [-0.39, 0.29) is 31.1 Å². The van der Waals surface area contributed by atoms with Crippen LogP contribution < -0.4 is 0 Å². The van der Waals surface area contributed by atoms with Gasteiger partial charge >= 0.3 is 7.60 Å². The molecule has 0 aromatic heterocycles. The Morgan fingerprint density at radius 2 is 1.46 bits per heavy atom. The van der Waals surface area contributed by atoms with Crippen LogP contribution in [0.15, 0.2) is 54.6 Å². The van der Waals surface area contributed by atoms with Gasteiger partial charge in [-0.1, -0.05) is 42.5 Å². The molecule has 1 heterocycles. The van der Waals surface area contributed by atoms with Crippen LogP contribution in [0.1, 0.15) is 46.0 Å². The molecule has 0 radical (unpaired) electrons. The summed E-state index contributed by atoms with van der Waals surface area (Å²) in [6.45, 7) is 2.58. The molecule has 0 aliphatic carbocycles. The highest BCUT2D eigenvalue weighted by Crippen LogP contribution is 2.49. The molecule has 0 bridgehead atoms. The molecule has 1 unspecified atom stereocenters. The number of carbonyl (C=O) groups excluding carboxylic acids is 2. The van der Waals surface area contributed by atoms with E-state index in [1.807, 2.05) is 30.3 Å². The highest BCUT2D eigenvalue weighted by molar-refractivity contribution is 7.53. The van der Waals surface area contributed by atoms with Crippen molar-refractivity contribution in [3.8, 4) is 0 Å². The minimum atomic E-state index is -3.22. The maximum absolute atomic E-state index is 12.9. The van der Waals surface area contributed by atoms with Gasteiger partial charge in [0.1, 0.15) is 0 Å². The highest BCUT2D eigenvalue weighted by Gasteiger charge is 2.34. The Labute approximate surface area is 165 Å². The molecule has 1 aliphatic rings. The minimum Gasteiger partial charge on any atom is -0.309 e. The summed E-state index contributed by atoms with van der Waals surface area (Å²) < 4.78 is 23.9. The SMILES string of the molecule is CCOP(=O)(CCCCN1C(=O)c2ccccc2C1=O)OCc1ccccc1. The molecule has 1 atom stereocenters. The molecule has 3 rings (SSSR count). The van der Waals surface area contributed by atoms with E-state index in [1.165, 1.54) is 4.90 Å². The second-order valence-corrected chi connectivity index (χ2v) is 8.71. The molecular weight excluding hydrogens is 377 g/mol. The van der Waals surface area contributed by atoms with Gasteiger partial charge in [0.25, 0.3) is 11.8 Å². The van der Waals surface area contributed by atoms with E-state index in [1.54, 1.807) is 31.2 Å². The fourth-order valence-electron chi connectivity index (χ4n) is 3.13. The Hall–Kier alpha value is -2.27. The summed E-state index contributed by atoms with van der Waals surface area (Å²) in [7, 11) is -3.22. The first-order valence-corrected chi connectivity index (χ1v) is 11.1. The number of unbranched alkanes of at least 4 members (excludes halogenated alkanes) is 1. The predicted octanol–water partition coefficient (Wildman–Crippen LogP) is 4.51. The molecular formula is C21H24NO5P. The molecule has 0 saturated carbocycles. The number of nitrogens with zero attached hydrogens (tertiary/aromatic N) is 1. The van der Waals surface area contributed by atoms with E-state index in [4.69, 9.17) is 9.05 Å². The van der Waals surface area contributed by atoms with Crippen LogP contribution in [0.25, 0.3) is 0 Å². The Morgan fingerprint density at radius 3 is 2.07 bits per heavy atom. The smallest absolute Gasteiger partial charge is 0.309 e. The lowest BCUT2D eigenvalue weighted by Gasteiger charge is -2.19. The monoisotopic (exact) mass is 401 g/mol. The first kappa shape index (κ1) is 20.5. The summed E-state index contributed by atoms with van der Waals surface area (Å²) >= 11 is 0. The zero-order valence-electron chi connectivity index (χ0n) is 15.9. The Balaban J connectivity index is 1.50. The van der Waals surface area contributed by atoms with Gasteiger partial charge < -0.3 is 9.05 Å². The fraction of sp³-hybridized carbons (Fsp3) is 0.333. The fourth-order valence-corrected chi connectivity index (χ4v) is 4.81. The van der Waals surface area contributed by atoms with Crippen molar-refractivity contribution in [2.45, 2.75) is 26.4 Å². The molecule has 7 heteroatoms. The van der Waals surface area contributed by atoms with Gasteiger partial charge in [0.05, 0.1) is 30.5 Å². The van der Waals surface area contributed by atoms with Crippen LogP contribution in [-0.4, -0.2) is 36.0 Å². The van der Waals surface area contributed by atoms with E-state index in [0.717, 1.165) is 5.56 Å². The molecule has 148 valence electrons. The second-order valence-electron chi connectivity index (χ2n) is 6.53. The zero-order valence-corrected chi connectivity index (χ0v) is 16.8. The molecule has 0 fully saturated rings. The number of hydrogen-bond acceptors (Lipinski definition) is 5. The standard InChI is InChI=1S/C21H24NO5P/c1-2-26-28(25,27-16-17-10-4-3-5-11-17)15-9-8-14-22-20(23)18-12-6-7-13-19(18)21(22)24/h3-7,10-13H,2,8-9,14-16H2,1H3. The molecule has 2 aromatic carbocycles. The molecule has 2 aromatic rings. The summed E-state index contributed by atoms with van der Waals surface area (Å²) in [5.74, 6) is -0.539. The van der Waals surface area contributed by atoms with Gasteiger partial charge in [-0.2, -0.15) is 0 Å². The first-order valence-electron chi connectivity index (χ1n) is 9.41. The van der Waals surface area contributed by atoms with Crippen molar-refractivity contribution in [2.75, 3.05) is 19.3 Å². The van der Waals surface area contributed by atoms with Crippen molar-refractivity contribution in [2.24, 2.45) is 0 Å². The lowest BCUT2D eigenvalue weighted by molar-refractivity contribution is 0.0652. The number of fused-ring (bicyclic) bond motifs is 1. The Bertz CT molecular complexity index is 848. The van der Waals surface area contributed by atoms with E-state index >= 15 is 0 Å². The third-order valence-electron chi connectivity index (χ3n) is 4.54. The van der Waals surface area contributed by atoms with Crippen molar-refractivity contribution in [3.63, 3.8) is 0 Å². The van der Waals surface area contributed by atoms with E-state index in [2.05, 4.69) is 0 Å². The maximum atomic E-state index is 12.9. The average molecular weight is 401 g/mol. The third kappa shape index (κ3) is 4.76. The van der Waals surface area contributed by atoms with Crippen LogP contribution in [-0.2, 0) is 20.2 Å². The second kappa shape index (κ2) is 9.28. The van der Waals surface area contributed by atoms with Gasteiger partial charge in [0.2, 0.25) is 0 Å². The molecule has 0 saturated heterocycles. The topological polar surface area (TPSA) is 72.9 Å². The number of rotatable bonds is 10. The molecule has 2 amide bonds. The van der Waals surface area contributed by atoms with E-state index in [0.29, 0.717) is 30.6 Å². The van der Waals surface area contributed by atoms with Gasteiger partial charge in [-0.3, -0.25) is 19.1 Å². The predicted molar refractivity (Wildman–Crippen MR) is 106 cm³/mol. The van der Waals surface area contributed by atoms with Crippen molar-refractivity contribution >= 4 is 19.4 Å². The van der Waals surface area contributed by atoms with Crippen molar-refractivity contribution in [3.05, 3.63) is 71.3 Å². The summed E-state index contributed by atoms with van der Waals surface area (Å²) in [5, 5.41) is 0. The number of hydrogen-bond donors (Lipinski definition) is 0. The molecule has 6 nitrogen and oxygen atoms in total. The van der Waals surface area contributed by atoms with E-state index < -0.39 is 7.60 Å². The van der Waals surface area contributed by atoms with Gasteiger partial charge in [-0.15, -0.1) is 0 Å². The first-order chi connectivity index (χ1) is 13.5. The summed E-state index contributed by atoms with van der Waals surface area (Å²) in [4.78, 5) is 26.0. The van der Waals surface area contributed by atoms with Crippen molar-refractivity contribution in [1.29, 1.82) is 0 Å². The Kier molecular flexibility index (Phi) is 6.79. The number of amides is 2. The van der Waals surface area contributed by atoms with Crippen LogP contribution >= 0.6 is 7.60 Å². The largest absolute Gasteiger partial charge is 0.330 e. The van der Waals surface area contributed by atoms with Crippen LogP contribution in [0, 0.1) is 0 Å². The third-order valence-corrected chi connectivity index (χ3v) is 6.58. The number of benzene rings is 2.